The van der Waals surface area contributed by atoms with Crippen molar-refractivity contribution in [3.05, 3.63) is 119 Å². The van der Waals surface area contributed by atoms with E-state index in [9.17, 15) is 43.9 Å². The molecule has 11 heteroatoms. The lowest BCUT2D eigenvalue weighted by Gasteiger charge is -2.12. The van der Waals surface area contributed by atoms with Crippen LogP contribution in [0.4, 0.5) is 43.9 Å². The summed E-state index contributed by atoms with van der Waals surface area (Å²) >= 11 is 0. The first-order chi connectivity index (χ1) is 18.8. The minimum absolute atomic E-state index is 0.135. The molecule has 4 aromatic rings. The number of ether oxygens (including phenoxy) is 1. The maximum Gasteiger partial charge on any atom is 0.573 e. The van der Waals surface area contributed by atoms with Crippen LogP contribution in [-0.4, -0.2) is 6.36 Å². The van der Waals surface area contributed by atoms with Gasteiger partial charge in [-0.2, -0.15) is 8.78 Å². The van der Waals surface area contributed by atoms with Gasteiger partial charge in [-0.15, -0.1) is 13.2 Å². The highest BCUT2D eigenvalue weighted by molar-refractivity contribution is 5.72. The Kier molecular flexibility index (Phi) is 8.22. The molecule has 0 atom stereocenters. The van der Waals surface area contributed by atoms with Gasteiger partial charge >= 0.3 is 12.4 Å². The second-order valence-corrected chi connectivity index (χ2v) is 8.58. The van der Waals surface area contributed by atoms with Gasteiger partial charge in [-0.05, 0) is 64.9 Å². The molecule has 0 saturated heterocycles. The Labute approximate surface area is 221 Å². The summed E-state index contributed by atoms with van der Waals surface area (Å²) in [6.07, 6.45) is -8.36. The third-order valence-corrected chi connectivity index (χ3v) is 5.94. The predicted molar refractivity (Wildman–Crippen MR) is 128 cm³/mol. The Morgan fingerprint density at radius 2 is 1.02 bits per heavy atom. The van der Waals surface area contributed by atoms with Crippen LogP contribution >= 0.6 is 0 Å². The molecule has 0 aliphatic carbocycles. The van der Waals surface area contributed by atoms with E-state index >= 15 is 0 Å². The molecule has 208 valence electrons. The molecule has 4 aromatic carbocycles. The number of halogens is 10. The van der Waals surface area contributed by atoms with Gasteiger partial charge < -0.3 is 4.74 Å². The molecule has 0 N–H and O–H groups in total. The molecule has 4 rings (SSSR count). The van der Waals surface area contributed by atoms with Gasteiger partial charge in [0.15, 0.2) is 17.5 Å². The number of benzene rings is 4. The molecule has 40 heavy (non-hydrogen) atoms. The van der Waals surface area contributed by atoms with Crippen LogP contribution in [-0.2, 0) is 12.8 Å². The van der Waals surface area contributed by atoms with Gasteiger partial charge in [0.05, 0.1) is 0 Å². The minimum atomic E-state index is -5.31. The van der Waals surface area contributed by atoms with Crippen molar-refractivity contribution in [2.24, 2.45) is 0 Å². The van der Waals surface area contributed by atoms with E-state index < -0.39 is 47.3 Å². The number of aryl methyl sites for hydroxylation is 1. The van der Waals surface area contributed by atoms with Crippen molar-refractivity contribution < 1.29 is 48.6 Å². The minimum Gasteiger partial charge on any atom is -0.399 e. The molecule has 0 aliphatic heterocycles. The van der Waals surface area contributed by atoms with Crippen molar-refractivity contribution in [3.63, 3.8) is 0 Å². The zero-order valence-electron chi connectivity index (χ0n) is 20.0. The first kappa shape index (κ1) is 28.7. The second kappa shape index (κ2) is 11.4. The van der Waals surface area contributed by atoms with Crippen LogP contribution in [0, 0.1) is 23.3 Å². The van der Waals surface area contributed by atoms with Gasteiger partial charge in [0.2, 0.25) is 5.75 Å². The smallest absolute Gasteiger partial charge is 0.399 e. The summed E-state index contributed by atoms with van der Waals surface area (Å²) in [7, 11) is 0. The standard InChI is InChI=1S/C29H16F10O/c30-22-13-20(18-4-2-16(3-5-18)17-6-8-19(9-7-17)26(34)28(35)36)14-23(31)21(22)10-1-15-11-24(32)27(25(33)12-15)40-29(37,38)39/h2-9,11-14H,1,10H2. The maximum absolute atomic E-state index is 14.8. The summed E-state index contributed by atoms with van der Waals surface area (Å²) in [5.41, 5.74) is 1.02. The molecule has 0 unspecified atom stereocenters. The Bertz CT molecular complexity index is 1510. The van der Waals surface area contributed by atoms with Gasteiger partial charge in [0.1, 0.15) is 11.6 Å². The van der Waals surface area contributed by atoms with E-state index in [0.29, 0.717) is 28.8 Å². The van der Waals surface area contributed by atoms with E-state index in [1.807, 2.05) is 0 Å². The van der Waals surface area contributed by atoms with E-state index in [1.165, 1.54) is 24.3 Å². The number of hydrogen-bond acceptors (Lipinski definition) is 1. The third kappa shape index (κ3) is 6.64. The van der Waals surface area contributed by atoms with Crippen LogP contribution < -0.4 is 4.74 Å². The lowest BCUT2D eigenvalue weighted by Crippen LogP contribution is -2.19. The largest absolute Gasteiger partial charge is 0.573 e. The molecule has 1 nitrogen and oxygen atoms in total. The van der Waals surface area contributed by atoms with Crippen molar-refractivity contribution in [3.8, 4) is 28.0 Å². The van der Waals surface area contributed by atoms with Gasteiger partial charge in [0, 0.05) is 11.1 Å². The summed E-state index contributed by atoms with van der Waals surface area (Å²) in [4.78, 5) is 0. The summed E-state index contributed by atoms with van der Waals surface area (Å²) in [5.74, 6) is -8.35. The Morgan fingerprint density at radius 3 is 1.48 bits per heavy atom. The molecule has 0 fully saturated rings. The fourth-order valence-corrected chi connectivity index (χ4v) is 4.02. The molecular weight excluding hydrogens is 554 g/mol. The van der Waals surface area contributed by atoms with Crippen LogP contribution in [0.2, 0.25) is 0 Å². The molecule has 0 amide bonds. The Hall–Kier alpha value is -4.28. The van der Waals surface area contributed by atoms with Crippen LogP contribution in [0.5, 0.6) is 5.75 Å². The highest BCUT2D eigenvalue weighted by Gasteiger charge is 2.34. The van der Waals surface area contributed by atoms with Crippen LogP contribution in [0.25, 0.3) is 28.1 Å². The molecular formula is C29H16F10O. The Balaban J connectivity index is 1.49. The number of hydrogen-bond donors (Lipinski definition) is 0. The molecule has 0 heterocycles. The van der Waals surface area contributed by atoms with E-state index in [1.54, 1.807) is 24.3 Å². The lowest BCUT2D eigenvalue weighted by atomic mass is 9.97. The molecule has 0 saturated carbocycles. The number of rotatable bonds is 7. The SMILES string of the molecule is FC(F)=C(F)c1ccc(-c2ccc(-c3cc(F)c(CCc4cc(F)c(OC(F)(F)F)c(F)c4)c(F)c3)cc2)cc1. The van der Waals surface area contributed by atoms with Crippen molar-refractivity contribution >= 4 is 5.83 Å². The zero-order valence-corrected chi connectivity index (χ0v) is 20.0. The molecule has 0 spiro atoms. The molecule has 0 radical (unpaired) electrons. The normalized spacial score (nSPS) is 11.4. The van der Waals surface area contributed by atoms with E-state index in [4.69, 9.17) is 0 Å². The average Bonchev–Trinajstić information content (AvgIpc) is 2.89. The summed E-state index contributed by atoms with van der Waals surface area (Å²) < 4.78 is 136. The van der Waals surface area contributed by atoms with Gasteiger partial charge in [-0.25, -0.2) is 22.0 Å². The highest BCUT2D eigenvalue weighted by atomic mass is 19.4. The zero-order chi connectivity index (χ0) is 29.2. The monoisotopic (exact) mass is 570 g/mol. The van der Waals surface area contributed by atoms with Crippen molar-refractivity contribution in [1.29, 1.82) is 0 Å². The summed E-state index contributed by atoms with van der Waals surface area (Å²) in [6, 6.07) is 14.9. The van der Waals surface area contributed by atoms with Crippen molar-refractivity contribution in [1.82, 2.24) is 0 Å². The average molecular weight is 570 g/mol. The highest BCUT2D eigenvalue weighted by Crippen LogP contribution is 2.32. The van der Waals surface area contributed by atoms with Gasteiger partial charge in [-0.1, -0.05) is 48.5 Å². The lowest BCUT2D eigenvalue weighted by molar-refractivity contribution is -0.276. The van der Waals surface area contributed by atoms with Crippen LogP contribution in [0.1, 0.15) is 16.7 Å². The fourth-order valence-electron chi connectivity index (χ4n) is 4.02. The first-order valence-corrected chi connectivity index (χ1v) is 11.5. The topological polar surface area (TPSA) is 9.23 Å². The fraction of sp³-hybridized carbons (Fsp3) is 0.103. The summed E-state index contributed by atoms with van der Waals surface area (Å²) in [6.45, 7) is 0. The van der Waals surface area contributed by atoms with Crippen LogP contribution in [0.3, 0.4) is 0 Å². The van der Waals surface area contributed by atoms with Gasteiger partial charge in [0.25, 0.3) is 0 Å². The van der Waals surface area contributed by atoms with E-state index in [2.05, 4.69) is 4.74 Å². The second-order valence-electron chi connectivity index (χ2n) is 8.58. The molecule has 0 aliphatic rings. The quantitative estimate of drug-likeness (QED) is 0.201. The Morgan fingerprint density at radius 1 is 0.575 bits per heavy atom. The number of alkyl halides is 3. The van der Waals surface area contributed by atoms with Crippen LogP contribution in [0.15, 0.2) is 78.9 Å². The van der Waals surface area contributed by atoms with E-state index in [0.717, 1.165) is 12.1 Å². The molecule has 0 aromatic heterocycles. The predicted octanol–water partition coefficient (Wildman–Crippen LogP) is 9.80. The summed E-state index contributed by atoms with van der Waals surface area (Å²) in [5, 5.41) is 0. The maximum atomic E-state index is 14.8. The van der Waals surface area contributed by atoms with Crippen molar-refractivity contribution in [2.75, 3.05) is 0 Å². The molecule has 0 bridgehead atoms. The third-order valence-electron chi connectivity index (χ3n) is 5.94. The van der Waals surface area contributed by atoms with E-state index in [-0.39, 0.29) is 35.1 Å². The first-order valence-electron chi connectivity index (χ1n) is 11.5. The van der Waals surface area contributed by atoms with Gasteiger partial charge in [-0.3, -0.25) is 0 Å². The van der Waals surface area contributed by atoms with Crippen molar-refractivity contribution in [2.45, 2.75) is 19.2 Å².